The predicted molar refractivity (Wildman–Crippen MR) is 117 cm³/mol. The largest absolute Gasteiger partial charge is 0.376 e. The zero-order chi connectivity index (χ0) is 21.2. The highest BCUT2D eigenvalue weighted by Crippen LogP contribution is 2.47. The molecule has 1 atom stereocenters. The molecule has 2 fully saturated rings. The van der Waals surface area contributed by atoms with Gasteiger partial charge >= 0.3 is 0 Å². The minimum Gasteiger partial charge on any atom is -0.376 e. The second-order valence-corrected chi connectivity index (χ2v) is 9.30. The number of hydrogen-bond acceptors (Lipinski definition) is 5. The van der Waals surface area contributed by atoms with Crippen molar-refractivity contribution in [2.24, 2.45) is 0 Å². The van der Waals surface area contributed by atoms with E-state index in [1.54, 1.807) is 21.8 Å². The van der Waals surface area contributed by atoms with Crippen molar-refractivity contribution >= 4 is 28.2 Å². The van der Waals surface area contributed by atoms with Crippen LogP contribution in [0, 0.1) is 0 Å². The smallest absolute Gasteiger partial charge is 0.279 e. The van der Waals surface area contributed by atoms with Crippen LogP contribution in [-0.4, -0.2) is 41.7 Å². The summed E-state index contributed by atoms with van der Waals surface area (Å²) in [5.74, 6) is 0.505. The molecule has 6 rings (SSSR count). The summed E-state index contributed by atoms with van der Waals surface area (Å²) in [6.45, 7) is 3.38. The lowest BCUT2D eigenvalue weighted by molar-refractivity contribution is 0.00620. The first kappa shape index (κ1) is 19.0. The van der Waals surface area contributed by atoms with E-state index in [-0.39, 0.29) is 17.1 Å². The average molecular weight is 439 g/mol. The number of rotatable bonds is 4. The Morgan fingerprint density at radius 3 is 2.90 bits per heavy atom. The molecule has 0 N–H and O–H groups in total. The number of halogens is 1. The van der Waals surface area contributed by atoms with Crippen LogP contribution in [0.25, 0.3) is 22.4 Å². The molecule has 0 amide bonds. The summed E-state index contributed by atoms with van der Waals surface area (Å²) in [4.78, 5) is 18.5. The van der Waals surface area contributed by atoms with Gasteiger partial charge in [0.1, 0.15) is 6.33 Å². The van der Waals surface area contributed by atoms with Gasteiger partial charge in [-0.3, -0.25) is 9.20 Å². The van der Waals surface area contributed by atoms with Gasteiger partial charge < -0.3 is 9.30 Å². The monoisotopic (exact) mass is 438 g/mol. The Hall–Kier alpha value is -2.71. The van der Waals surface area contributed by atoms with Crippen LogP contribution in [0.3, 0.4) is 0 Å². The molecule has 0 bridgehead atoms. The fourth-order valence-corrected chi connectivity index (χ4v) is 4.92. The molecule has 1 unspecified atom stereocenters. The maximum absolute atomic E-state index is 13.8. The lowest BCUT2D eigenvalue weighted by Crippen LogP contribution is -2.32. The summed E-state index contributed by atoms with van der Waals surface area (Å²) < 4.78 is 11.2. The summed E-state index contributed by atoms with van der Waals surface area (Å²) in [5.41, 5.74) is 2.88. The Labute approximate surface area is 183 Å². The second kappa shape index (κ2) is 6.90. The van der Waals surface area contributed by atoms with E-state index in [1.807, 2.05) is 22.6 Å². The number of fused-ring (bicyclic) bond motifs is 3. The van der Waals surface area contributed by atoms with E-state index < -0.39 is 0 Å². The summed E-state index contributed by atoms with van der Waals surface area (Å²) in [6, 6.07) is 5.66. The van der Waals surface area contributed by atoms with Gasteiger partial charge in [-0.05, 0) is 44.2 Å². The third-order valence-corrected chi connectivity index (χ3v) is 7.02. The van der Waals surface area contributed by atoms with Gasteiger partial charge in [0.25, 0.3) is 5.56 Å². The van der Waals surface area contributed by atoms with Crippen LogP contribution < -0.4 is 5.56 Å². The predicted octanol–water partition coefficient (Wildman–Crippen LogP) is 3.50. The Morgan fingerprint density at radius 1 is 1.26 bits per heavy atom. The fourth-order valence-electron chi connectivity index (χ4n) is 4.65. The first-order valence-corrected chi connectivity index (χ1v) is 11.2. The van der Waals surface area contributed by atoms with Gasteiger partial charge in [0.15, 0.2) is 11.3 Å². The Bertz CT molecular complexity index is 1360. The number of imidazole rings is 1. The molecule has 4 aromatic rings. The van der Waals surface area contributed by atoms with Crippen LogP contribution in [0.1, 0.15) is 44.7 Å². The van der Waals surface area contributed by atoms with Crippen molar-refractivity contribution in [2.75, 3.05) is 6.61 Å². The number of aromatic nitrogens is 6. The Kier molecular flexibility index (Phi) is 4.23. The summed E-state index contributed by atoms with van der Waals surface area (Å²) in [6.07, 6.45) is 8.70. The summed E-state index contributed by atoms with van der Waals surface area (Å²) >= 11 is 6.59. The Balaban J connectivity index is 1.62. The van der Waals surface area contributed by atoms with Crippen LogP contribution in [0.4, 0.5) is 0 Å². The first-order valence-electron chi connectivity index (χ1n) is 10.8. The van der Waals surface area contributed by atoms with E-state index in [0.29, 0.717) is 28.4 Å². The fraction of sp³-hybridized carbons (Fsp3) is 0.455. The molecule has 1 saturated carbocycles. The topological polar surface area (TPSA) is 79.2 Å². The van der Waals surface area contributed by atoms with Crippen molar-refractivity contribution < 1.29 is 4.74 Å². The van der Waals surface area contributed by atoms with Crippen molar-refractivity contribution in [3.63, 3.8) is 0 Å². The van der Waals surface area contributed by atoms with Crippen LogP contribution in [0.5, 0.6) is 0 Å². The molecule has 0 spiro atoms. The normalized spacial score (nSPS) is 20.5. The number of para-hydroxylation sites is 1. The van der Waals surface area contributed by atoms with Crippen LogP contribution in [0.15, 0.2) is 35.5 Å². The maximum atomic E-state index is 13.8. The molecule has 160 valence electrons. The molecule has 4 heterocycles. The van der Waals surface area contributed by atoms with Gasteiger partial charge in [-0.15, -0.1) is 5.10 Å². The molecule has 8 nitrogen and oxygen atoms in total. The number of benzene rings is 1. The van der Waals surface area contributed by atoms with Crippen molar-refractivity contribution in [1.29, 1.82) is 0 Å². The minimum absolute atomic E-state index is 0.00736. The number of hydrogen-bond donors (Lipinski definition) is 0. The van der Waals surface area contributed by atoms with Gasteiger partial charge in [-0.25, -0.2) is 4.98 Å². The molecular weight excluding hydrogens is 416 g/mol. The number of ether oxygens (including phenoxy) is 1. The van der Waals surface area contributed by atoms with Gasteiger partial charge in [-0.1, -0.05) is 29.8 Å². The molecule has 3 aromatic heterocycles. The third kappa shape index (κ3) is 2.92. The van der Waals surface area contributed by atoms with Crippen LogP contribution >= 0.6 is 11.6 Å². The van der Waals surface area contributed by atoms with E-state index >= 15 is 0 Å². The van der Waals surface area contributed by atoms with Crippen molar-refractivity contribution in [3.05, 3.63) is 51.8 Å². The first-order chi connectivity index (χ1) is 15.1. The standard InChI is InChI=1S/C22H23ClN6O2/c1-22(8-9-22)17-11-25-26-29(17)20-19-21(30)27(12-14-5-2-3-10-31-14)18-15(23)6-4-7-16(18)28(19)13-24-20/h4,6-7,11,13-14H,2-3,5,8-10,12H2,1H3. The van der Waals surface area contributed by atoms with Crippen molar-refractivity contribution in [3.8, 4) is 5.82 Å². The van der Waals surface area contributed by atoms with E-state index in [4.69, 9.17) is 16.3 Å². The highest BCUT2D eigenvalue weighted by molar-refractivity contribution is 6.35. The van der Waals surface area contributed by atoms with E-state index in [0.717, 1.165) is 49.9 Å². The lowest BCUT2D eigenvalue weighted by atomic mass is 10.1. The van der Waals surface area contributed by atoms with E-state index in [9.17, 15) is 4.79 Å². The lowest BCUT2D eigenvalue weighted by Gasteiger charge is -2.24. The highest BCUT2D eigenvalue weighted by Gasteiger charge is 2.43. The summed E-state index contributed by atoms with van der Waals surface area (Å²) in [5, 5.41) is 8.96. The Morgan fingerprint density at radius 2 is 2.13 bits per heavy atom. The molecule has 1 aliphatic heterocycles. The SMILES string of the molecule is CC1(c2cnnn2-c2ncn3c2c(=O)n(CC2CCCCO2)c2c(Cl)cccc23)CC1. The molecular formula is C22H23ClN6O2. The third-order valence-electron chi connectivity index (χ3n) is 6.72. The molecule has 1 saturated heterocycles. The second-order valence-electron chi connectivity index (χ2n) is 8.89. The quantitative estimate of drug-likeness (QED) is 0.487. The van der Waals surface area contributed by atoms with Crippen molar-refractivity contribution in [2.45, 2.75) is 57.1 Å². The number of nitrogens with zero attached hydrogens (tertiary/aromatic N) is 6. The average Bonchev–Trinajstić information content (AvgIpc) is 3.18. The van der Waals surface area contributed by atoms with Gasteiger partial charge in [0, 0.05) is 12.0 Å². The van der Waals surface area contributed by atoms with Crippen LogP contribution in [-0.2, 0) is 16.7 Å². The van der Waals surface area contributed by atoms with E-state index in [2.05, 4.69) is 22.2 Å². The van der Waals surface area contributed by atoms with Gasteiger partial charge in [0.2, 0.25) is 0 Å². The zero-order valence-electron chi connectivity index (χ0n) is 17.3. The molecule has 9 heteroatoms. The maximum Gasteiger partial charge on any atom is 0.279 e. The molecule has 2 aliphatic rings. The molecule has 31 heavy (non-hydrogen) atoms. The highest BCUT2D eigenvalue weighted by atomic mass is 35.5. The van der Waals surface area contributed by atoms with Gasteiger partial charge in [0.05, 0.1) is 40.6 Å². The van der Waals surface area contributed by atoms with Crippen molar-refractivity contribution in [1.82, 2.24) is 28.9 Å². The van der Waals surface area contributed by atoms with Gasteiger partial charge in [-0.2, -0.15) is 4.68 Å². The minimum atomic E-state index is -0.148. The molecule has 1 aliphatic carbocycles. The molecule has 0 radical (unpaired) electrons. The summed E-state index contributed by atoms with van der Waals surface area (Å²) in [7, 11) is 0. The van der Waals surface area contributed by atoms with E-state index in [1.165, 1.54) is 0 Å². The van der Waals surface area contributed by atoms with Crippen LogP contribution in [0.2, 0.25) is 5.02 Å². The zero-order valence-corrected chi connectivity index (χ0v) is 18.0. The molecule has 1 aromatic carbocycles.